The Morgan fingerprint density at radius 2 is 2.00 bits per heavy atom. The summed E-state index contributed by atoms with van der Waals surface area (Å²) < 4.78 is 0. The third-order valence-electron chi connectivity index (χ3n) is 3.00. The summed E-state index contributed by atoms with van der Waals surface area (Å²) in [6.45, 7) is 4.40. The van der Waals surface area contributed by atoms with Gasteiger partial charge in [-0.2, -0.15) is 0 Å². The second kappa shape index (κ2) is 5.73. The molecule has 19 heavy (non-hydrogen) atoms. The Labute approximate surface area is 113 Å². The van der Waals surface area contributed by atoms with E-state index in [0.717, 1.165) is 5.69 Å². The molecule has 5 nitrogen and oxygen atoms in total. The monoisotopic (exact) mass is 261 g/mol. The van der Waals surface area contributed by atoms with E-state index in [9.17, 15) is 9.59 Å². The van der Waals surface area contributed by atoms with Crippen molar-refractivity contribution in [1.82, 2.24) is 10.6 Å². The Balaban J connectivity index is 1.97. The van der Waals surface area contributed by atoms with Crippen molar-refractivity contribution < 1.29 is 9.59 Å². The molecule has 1 saturated heterocycles. The second-order valence-electron chi connectivity index (χ2n) is 4.94. The predicted octanol–water partition coefficient (Wildman–Crippen LogP) is 1.50. The van der Waals surface area contributed by atoms with Crippen LogP contribution in [-0.4, -0.2) is 30.6 Å². The minimum Gasteiger partial charge on any atom is -0.336 e. The molecule has 2 rings (SSSR count). The molecule has 1 aromatic carbocycles. The van der Waals surface area contributed by atoms with Crippen molar-refractivity contribution in [2.75, 3.05) is 11.4 Å². The zero-order valence-corrected chi connectivity index (χ0v) is 11.2. The van der Waals surface area contributed by atoms with Gasteiger partial charge in [0.25, 0.3) is 0 Å². The van der Waals surface area contributed by atoms with Gasteiger partial charge in [-0.25, -0.2) is 4.79 Å². The van der Waals surface area contributed by atoms with Crippen molar-refractivity contribution in [3.8, 4) is 0 Å². The average molecular weight is 261 g/mol. The Hall–Kier alpha value is -2.04. The minimum atomic E-state index is -0.432. The third kappa shape index (κ3) is 3.24. The summed E-state index contributed by atoms with van der Waals surface area (Å²) in [4.78, 5) is 25.5. The maximum atomic E-state index is 12.2. The molecule has 0 unspecified atom stereocenters. The van der Waals surface area contributed by atoms with Gasteiger partial charge in [0.15, 0.2) is 0 Å². The predicted molar refractivity (Wildman–Crippen MR) is 74.0 cm³/mol. The van der Waals surface area contributed by atoms with Crippen molar-refractivity contribution in [1.29, 1.82) is 0 Å². The van der Waals surface area contributed by atoms with Crippen molar-refractivity contribution in [2.45, 2.75) is 32.4 Å². The summed E-state index contributed by atoms with van der Waals surface area (Å²) in [7, 11) is 0. The molecule has 0 saturated carbocycles. The number of benzene rings is 1. The van der Waals surface area contributed by atoms with Gasteiger partial charge in [0.1, 0.15) is 6.04 Å². The van der Waals surface area contributed by atoms with Gasteiger partial charge in [-0.15, -0.1) is 0 Å². The molecule has 1 heterocycles. The van der Waals surface area contributed by atoms with Crippen molar-refractivity contribution in [3.63, 3.8) is 0 Å². The van der Waals surface area contributed by atoms with Gasteiger partial charge in [-0.3, -0.25) is 4.79 Å². The molecular weight excluding hydrogens is 242 g/mol. The molecule has 1 fully saturated rings. The van der Waals surface area contributed by atoms with Crippen LogP contribution in [0.25, 0.3) is 0 Å². The van der Waals surface area contributed by atoms with E-state index in [2.05, 4.69) is 10.6 Å². The first-order valence-corrected chi connectivity index (χ1v) is 6.51. The zero-order valence-electron chi connectivity index (χ0n) is 11.2. The summed E-state index contributed by atoms with van der Waals surface area (Å²) >= 11 is 0. The standard InChI is InChI=1S/C14H19N3O2/c1-10(2)15-14(19)16-12-8-9-17(13(12)18)11-6-4-3-5-7-11/h3-7,10,12H,8-9H2,1-2H3,(H2,15,16,19)/t12-/m0/s1. The molecular formula is C14H19N3O2. The highest BCUT2D eigenvalue weighted by Crippen LogP contribution is 2.20. The number of anilines is 1. The second-order valence-corrected chi connectivity index (χ2v) is 4.94. The fraction of sp³-hybridized carbons (Fsp3) is 0.429. The molecule has 1 aromatic rings. The molecule has 0 radical (unpaired) electrons. The van der Waals surface area contributed by atoms with Crippen molar-refractivity contribution in [2.24, 2.45) is 0 Å². The number of nitrogens with one attached hydrogen (secondary N) is 2. The Bertz CT molecular complexity index is 459. The molecule has 0 spiro atoms. The fourth-order valence-corrected chi connectivity index (χ4v) is 2.14. The lowest BCUT2D eigenvalue weighted by molar-refractivity contribution is -0.118. The highest BCUT2D eigenvalue weighted by atomic mass is 16.2. The van der Waals surface area contributed by atoms with E-state index >= 15 is 0 Å². The van der Waals surface area contributed by atoms with E-state index in [1.165, 1.54) is 0 Å². The van der Waals surface area contributed by atoms with Crippen LogP contribution in [0, 0.1) is 0 Å². The van der Waals surface area contributed by atoms with Crippen molar-refractivity contribution >= 4 is 17.6 Å². The largest absolute Gasteiger partial charge is 0.336 e. The quantitative estimate of drug-likeness (QED) is 0.866. The summed E-state index contributed by atoms with van der Waals surface area (Å²) in [5.41, 5.74) is 0.876. The molecule has 1 aliphatic heterocycles. The van der Waals surface area contributed by atoms with Crippen LogP contribution in [0.5, 0.6) is 0 Å². The van der Waals surface area contributed by atoms with E-state index in [1.54, 1.807) is 4.90 Å². The van der Waals surface area contributed by atoms with Crippen LogP contribution in [0.1, 0.15) is 20.3 Å². The van der Waals surface area contributed by atoms with Crippen LogP contribution in [0.4, 0.5) is 10.5 Å². The van der Waals surface area contributed by atoms with Gasteiger partial charge in [0, 0.05) is 18.3 Å². The van der Waals surface area contributed by atoms with Crippen LogP contribution < -0.4 is 15.5 Å². The van der Waals surface area contributed by atoms with E-state index in [0.29, 0.717) is 13.0 Å². The number of carbonyl (C=O) groups excluding carboxylic acids is 2. The van der Waals surface area contributed by atoms with E-state index < -0.39 is 6.04 Å². The Morgan fingerprint density at radius 3 is 2.63 bits per heavy atom. The smallest absolute Gasteiger partial charge is 0.315 e. The summed E-state index contributed by atoms with van der Waals surface area (Å²) in [6.07, 6.45) is 0.638. The molecule has 0 aromatic heterocycles. The SMILES string of the molecule is CC(C)NC(=O)N[C@H]1CCN(c2ccccc2)C1=O. The lowest BCUT2D eigenvalue weighted by Crippen LogP contribution is -2.47. The van der Waals surface area contributed by atoms with Crippen molar-refractivity contribution in [3.05, 3.63) is 30.3 Å². The first-order valence-electron chi connectivity index (χ1n) is 6.51. The molecule has 102 valence electrons. The minimum absolute atomic E-state index is 0.0508. The highest BCUT2D eigenvalue weighted by molar-refractivity contribution is 6.01. The zero-order chi connectivity index (χ0) is 13.8. The molecule has 5 heteroatoms. The van der Waals surface area contributed by atoms with Crippen LogP contribution in [0.15, 0.2) is 30.3 Å². The maximum Gasteiger partial charge on any atom is 0.315 e. The molecule has 0 aliphatic carbocycles. The van der Waals surface area contributed by atoms with Gasteiger partial charge in [-0.05, 0) is 32.4 Å². The summed E-state index contributed by atoms with van der Waals surface area (Å²) in [5.74, 6) is -0.0508. The first kappa shape index (κ1) is 13.4. The van der Waals surface area contributed by atoms with Gasteiger partial charge in [0.2, 0.25) is 5.91 Å². The summed E-state index contributed by atoms with van der Waals surface area (Å²) in [5, 5.41) is 5.44. The first-order chi connectivity index (χ1) is 9.08. The normalized spacial score (nSPS) is 18.8. The Morgan fingerprint density at radius 1 is 1.32 bits per heavy atom. The van der Waals surface area contributed by atoms with E-state index in [1.807, 2.05) is 44.2 Å². The highest BCUT2D eigenvalue weighted by Gasteiger charge is 2.33. The number of hydrogen-bond donors (Lipinski definition) is 2. The third-order valence-corrected chi connectivity index (χ3v) is 3.00. The number of rotatable bonds is 3. The number of carbonyl (C=O) groups is 2. The maximum absolute atomic E-state index is 12.2. The fourth-order valence-electron chi connectivity index (χ4n) is 2.14. The Kier molecular flexibility index (Phi) is 4.04. The molecule has 3 amide bonds. The topological polar surface area (TPSA) is 61.4 Å². The van der Waals surface area contributed by atoms with Crippen LogP contribution >= 0.6 is 0 Å². The average Bonchev–Trinajstić information content (AvgIpc) is 2.71. The number of amides is 3. The number of hydrogen-bond acceptors (Lipinski definition) is 2. The number of nitrogens with zero attached hydrogens (tertiary/aromatic N) is 1. The molecule has 1 aliphatic rings. The lowest BCUT2D eigenvalue weighted by Gasteiger charge is -2.17. The van der Waals surface area contributed by atoms with Gasteiger partial charge in [-0.1, -0.05) is 18.2 Å². The molecule has 0 bridgehead atoms. The van der Waals surface area contributed by atoms with E-state index in [4.69, 9.17) is 0 Å². The molecule has 2 N–H and O–H groups in total. The van der Waals surface area contributed by atoms with E-state index in [-0.39, 0.29) is 18.0 Å². The lowest BCUT2D eigenvalue weighted by atomic mass is 10.2. The molecule has 1 atom stereocenters. The van der Waals surface area contributed by atoms with Gasteiger partial charge < -0.3 is 15.5 Å². The van der Waals surface area contributed by atoms with Crippen LogP contribution in [-0.2, 0) is 4.79 Å². The van der Waals surface area contributed by atoms with Crippen LogP contribution in [0.3, 0.4) is 0 Å². The van der Waals surface area contributed by atoms with Gasteiger partial charge in [0.05, 0.1) is 0 Å². The number of urea groups is 1. The summed E-state index contributed by atoms with van der Waals surface area (Å²) in [6, 6.07) is 8.84. The number of para-hydroxylation sites is 1. The van der Waals surface area contributed by atoms with Gasteiger partial charge >= 0.3 is 6.03 Å². The van der Waals surface area contributed by atoms with Crippen LogP contribution in [0.2, 0.25) is 0 Å².